The lowest BCUT2D eigenvalue weighted by Gasteiger charge is -2.30. The minimum atomic E-state index is 0.868. The molecule has 0 saturated heterocycles. The lowest BCUT2D eigenvalue weighted by molar-refractivity contribution is 0.673. The highest BCUT2D eigenvalue weighted by Gasteiger charge is 2.23. The van der Waals surface area contributed by atoms with Crippen LogP contribution in [0.25, 0.3) is 115 Å². The molecule has 0 radical (unpaired) electrons. The van der Waals surface area contributed by atoms with Gasteiger partial charge >= 0.3 is 0 Å². The summed E-state index contributed by atoms with van der Waals surface area (Å²) < 4.78 is 9.16. The van der Waals surface area contributed by atoms with Crippen molar-refractivity contribution in [3.8, 4) is 50.2 Å². The maximum absolute atomic E-state index is 6.77. The summed E-state index contributed by atoms with van der Waals surface area (Å²) >= 11 is 0. The Hall–Kier alpha value is -9.44. The van der Waals surface area contributed by atoms with Crippen molar-refractivity contribution in [2.24, 2.45) is 0 Å². The van der Waals surface area contributed by atoms with E-state index < -0.39 is 0 Å². The zero-order valence-electron chi connectivity index (χ0n) is 38.7. The quantitative estimate of drug-likeness (QED) is 0.151. The Kier molecular flexibility index (Phi) is 9.53. The topological polar surface area (TPSA) is 21.3 Å². The van der Waals surface area contributed by atoms with Crippen LogP contribution in [0.2, 0.25) is 0 Å². The van der Waals surface area contributed by atoms with Crippen molar-refractivity contribution in [1.82, 2.24) is 4.57 Å². The minimum absolute atomic E-state index is 0.868. The predicted octanol–water partition coefficient (Wildman–Crippen LogP) is 19.1. The number of benzene rings is 12. The Morgan fingerprint density at radius 3 is 1.69 bits per heavy atom. The van der Waals surface area contributed by atoms with E-state index in [0.717, 1.165) is 89.0 Å². The first-order chi connectivity index (χ1) is 35.2. The van der Waals surface area contributed by atoms with Gasteiger partial charge in [0.25, 0.3) is 0 Å². The Balaban J connectivity index is 0.938. The molecule has 0 bridgehead atoms. The van der Waals surface area contributed by atoms with E-state index >= 15 is 0 Å². The number of aromatic nitrogens is 1. The standard InChI is InChI=1S/C68H44N2O/c1-2-16-47(17-3-1)62-43-52(51-30-29-45-15-4-5-19-49(45)41-51)35-40-66(62)69(63-26-11-8-22-56(63)53-34-38-60-61-39-33-48-18-6-7-23-57(48)68(61)71-67(60)44-53)54-36-31-46(32-37-54)50-20-14-21-55(42-50)70-64-27-12-9-24-58(64)59-25-10-13-28-65(59)70/h1-44H. The zero-order chi connectivity index (χ0) is 46.8. The van der Waals surface area contributed by atoms with Crippen LogP contribution in [0, 0.1) is 0 Å². The van der Waals surface area contributed by atoms with Crippen molar-refractivity contribution in [3.63, 3.8) is 0 Å². The van der Waals surface area contributed by atoms with Gasteiger partial charge in [0.2, 0.25) is 0 Å². The number of hydrogen-bond donors (Lipinski definition) is 0. The van der Waals surface area contributed by atoms with Crippen LogP contribution in [0.15, 0.2) is 271 Å². The number of hydrogen-bond acceptors (Lipinski definition) is 2. The van der Waals surface area contributed by atoms with Gasteiger partial charge < -0.3 is 13.9 Å². The van der Waals surface area contributed by atoms with E-state index in [-0.39, 0.29) is 0 Å². The van der Waals surface area contributed by atoms with Crippen molar-refractivity contribution >= 4 is 82.4 Å². The van der Waals surface area contributed by atoms with Gasteiger partial charge in [0.15, 0.2) is 0 Å². The van der Waals surface area contributed by atoms with Crippen LogP contribution in [-0.2, 0) is 0 Å². The van der Waals surface area contributed by atoms with E-state index in [1.54, 1.807) is 0 Å². The monoisotopic (exact) mass is 904 g/mol. The van der Waals surface area contributed by atoms with E-state index in [1.807, 2.05) is 0 Å². The van der Waals surface area contributed by atoms with Crippen molar-refractivity contribution in [2.75, 3.05) is 4.90 Å². The molecule has 0 unspecified atom stereocenters. The van der Waals surface area contributed by atoms with Gasteiger partial charge in [-0.2, -0.15) is 0 Å². The van der Waals surface area contributed by atoms with Gasteiger partial charge in [-0.1, -0.05) is 188 Å². The number of fused-ring (bicyclic) bond motifs is 9. The third-order valence-corrected chi connectivity index (χ3v) is 14.4. The second-order valence-electron chi connectivity index (χ2n) is 18.5. The molecule has 14 aromatic rings. The summed E-state index contributed by atoms with van der Waals surface area (Å²) in [5, 5.41) is 9.49. The van der Waals surface area contributed by atoms with Gasteiger partial charge in [0, 0.05) is 49.4 Å². The molecule has 0 saturated carbocycles. The molecule has 0 fully saturated rings. The lowest BCUT2D eigenvalue weighted by atomic mass is 9.94. The molecule has 0 aliphatic rings. The summed E-state index contributed by atoms with van der Waals surface area (Å²) in [6.45, 7) is 0. The van der Waals surface area contributed by atoms with Crippen LogP contribution >= 0.6 is 0 Å². The molecule has 12 aromatic carbocycles. The third kappa shape index (κ3) is 6.89. The first-order valence-corrected chi connectivity index (χ1v) is 24.3. The molecule has 332 valence electrons. The molecule has 71 heavy (non-hydrogen) atoms. The Morgan fingerprint density at radius 1 is 0.296 bits per heavy atom. The smallest absolute Gasteiger partial charge is 0.143 e. The lowest BCUT2D eigenvalue weighted by Crippen LogP contribution is -2.12. The Labute approximate surface area is 411 Å². The number of rotatable bonds is 8. The van der Waals surface area contributed by atoms with Crippen LogP contribution in [0.5, 0.6) is 0 Å². The Bertz CT molecular complexity index is 4300. The van der Waals surface area contributed by atoms with Crippen LogP contribution in [0.4, 0.5) is 17.1 Å². The fourth-order valence-corrected chi connectivity index (χ4v) is 10.9. The third-order valence-electron chi connectivity index (χ3n) is 14.4. The van der Waals surface area contributed by atoms with Crippen molar-refractivity contribution in [2.45, 2.75) is 0 Å². The molecule has 0 atom stereocenters. The van der Waals surface area contributed by atoms with Gasteiger partial charge in [-0.15, -0.1) is 0 Å². The van der Waals surface area contributed by atoms with Crippen LogP contribution in [0.1, 0.15) is 0 Å². The first-order valence-electron chi connectivity index (χ1n) is 24.3. The van der Waals surface area contributed by atoms with E-state index in [9.17, 15) is 0 Å². The van der Waals surface area contributed by atoms with Crippen molar-refractivity contribution < 1.29 is 4.42 Å². The molecular formula is C68H44N2O. The van der Waals surface area contributed by atoms with E-state index in [2.05, 4.69) is 276 Å². The van der Waals surface area contributed by atoms with Crippen molar-refractivity contribution in [1.29, 1.82) is 0 Å². The van der Waals surface area contributed by atoms with Gasteiger partial charge in [0.1, 0.15) is 11.2 Å². The molecular weight excluding hydrogens is 861 g/mol. The highest BCUT2D eigenvalue weighted by Crippen LogP contribution is 2.47. The minimum Gasteiger partial charge on any atom is -0.455 e. The summed E-state index contributed by atoms with van der Waals surface area (Å²) in [7, 11) is 0. The normalized spacial score (nSPS) is 11.7. The molecule has 0 N–H and O–H groups in total. The summed E-state index contributed by atoms with van der Waals surface area (Å²) in [4.78, 5) is 2.44. The summed E-state index contributed by atoms with van der Waals surface area (Å²) in [5.41, 5.74) is 17.6. The fraction of sp³-hybridized carbons (Fsp3) is 0. The van der Waals surface area contributed by atoms with E-state index in [1.165, 1.54) is 43.5 Å². The van der Waals surface area contributed by atoms with Crippen molar-refractivity contribution in [3.05, 3.63) is 267 Å². The summed E-state index contributed by atoms with van der Waals surface area (Å²) in [5.74, 6) is 0. The van der Waals surface area contributed by atoms with Gasteiger partial charge in [-0.25, -0.2) is 0 Å². The Morgan fingerprint density at radius 2 is 0.873 bits per heavy atom. The number of anilines is 3. The molecule has 2 heterocycles. The molecule has 3 heteroatoms. The second kappa shape index (κ2) is 16.7. The fourth-order valence-electron chi connectivity index (χ4n) is 10.9. The zero-order valence-corrected chi connectivity index (χ0v) is 38.7. The molecule has 2 aromatic heterocycles. The number of para-hydroxylation sites is 3. The highest BCUT2D eigenvalue weighted by atomic mass is 16.3. The molecule has 0 aliphatic carbocycles. The van der Waals surface area contributed by atoms with E-state index in [0.29, 0.717) is 0 Å². The summed E-state index contributed by atoms with van der Waals surface area (Å²) in [6.07, 6.45) is 0. The maximum Gasteiger partial charge on any atom is 0.143 e. The number of furan rings is 1. The van der Waals surface area contributed by atoms with E-state index in [4.69, 9.17) is 4.42 Å². The van der Waals surface area contributed by atoms with Gasteiger partial charge in [-0.3, -0.25) is 0 Å². The molecule has 0 aliphatic heterocycles. The van der Waals surface area contributed by atoms with Crippen LogP contribution in [0.3, 0.4) is 0 Å². The maximum atomic E-state index is 6.77. The molecule has 0 spiro atoms. The first kappa shape index (κ1) is 40.6. The number of nitrogens with zero attached hydrogens (tertiary/aromatic N) is 2. The SMILES string of the molecule is c1ccc(-c2cc(-c3ccc4ccccc4c3)ccc2N(c2ccc(-c3cccc(-n4c5ccccc5c5ccccc54)c3)cc2)c2ccccc2-c2ccc3c(c2)oc2c4ccccc4ccc32)cc1. The molecule has 3 nitrogen and oxygen atoms in total. The molecule has 0 amide bonds. The largest absolute Gasteiger partial charge is 0.455 e. The summed E-state index contributed by atoms with van der Waals surface area (Å²) in [6, 6.07) is 96.8. The average molecular weight is 905 g/mol. The highest BCUT2D eigenvalue weighted by molar-refractivity contribution is 6.15. The van der Waals surface area contributed by atoms with Crippen LogP contribution in [-0.4, -0.2) is 4.57 Å². The molecule has 14 rings (SSSR count). The van der Waals surface area contributed by atoms with Crippen LogP contribution < -0.4 is 4.90 Å². The predicted molar refractivity (Wildman–Crippen MR) is 299 cm³/mol. The van der Waals surface area contributed by atoms with Gasteiger partial charge in [0.05, 0.1) is 22.4 Å². The average Bonchev–Trinajstić information content (AvgIpc) is 4.00. The second-order valence-corrected chi connectivity index (χ2v) is 18.5. The van der Waals surface area contributed by atoms with Gasteiger partial charge in [-0.05, 0) is 128 Å².